The third kappa shape index (κ3) is 4.67. The van der Waals surface area contributed by atoms with Crippen molar-refractivity contribution >= 4 is 16.3 Å². The van der Waals surface area contributed by atoms with E-state index >= 15 is 0 Å². The Hall–Kier alpha value is -1.62. The predicted molar refractivity (Wildman–Crippen MR) is 91.5 cm³/mol. The largest absolute Gasteiger partial charge is 0.303 e. The van der Waals surface area contributed by atoms with Gasteiger partial charge in [-0.3, -0.25) is 4.31 Å². The summed E-state index contributed by atoms with van der Waals surface area (Å²) in [6.45, 7) is 1.94. The van der Waals surface area contributed by atoms with Crippen molar-refractivity contribution < 1.29 is 13.2 Å². The molecule has 0 bridgehead atoms. The van der Waals surface area contributed by atoms with Crippen LogP contribution in [0, 0.1) is 6.92 Å². The van der Waals surface area contributed by atoms with E-state index in [2.05, 4.69) is 0 Å². The van der Waals surface area contributed by atoms with Gasteiger partial charge in [0, 0.05) is 18.7 Å². The molecule has 126 valence electrons. The molecular formula is C18H25NO3S. The number of sulfonamides is 1. The van der Waals surface area contributed by atoms with Crippen molar-refractivity contribution in [2.24, 2.45) is 0 Å². The van der Waals surface area contributed by atoms with E-state index in [1.54, 1.807) is 18.3 Å². The van der Waals surface area contributed by atoms with Gasteiger partial charge in [0.1, 0.15) is 6.29 Å². The first-order valence-corrected chi connectivity index (χ1v) is 9.70. The standard InChI is InChI=1S/C18H25NO3S/c1-16-10-12-18(13-11-16)23(21,22)19-14-6-5-9-17(19)8-4-2-3-7-15-20/h6,10-15,17H,2-5,7-9H2,1H3/t17-/m1/s1. The Morgan fingerprint density at radius 2 is 1.91 bits per heavy atom. The molecule has 0 radical (unpaired) electrons. The Kier molecular flexibility index (Phi) is 6.39. The van der Waals surface area contributed by atoms with E-state index in [-0.39, 0.29) is 6.04 Å². The molecule has 4 nitrogen and oxygen atoms in total. The number of unbranched alkanes of at least 4 members (excludes halogenated alkanes) is 3. The number of carbonyl (C=O) groups excluding carboxylic acids is 1. The van der Waals surface area contributed by atoms with Crippen LogP contribution in [0.3, 0.4) is 0 Å². The highest BCUT2D eigenvalue weighted by molar-refractivity contribution is 7.89. The van der Waals surface area contributed by atoms with E-state index < -0.39 is 10.0 Å². The summed E-state index contributed by atoms with van der Waals surface area (Å²) in [5.41, 5.74) is 1.05. The summed E-state index contributed by atoms with van der Waals surface area (Å²) in [4.78, 5) is 10.7. The maximum Gasteiger partial charge on any atom is 0.264 e. The van der Waals surface area contributed by atoms with Crippen molar-refractivity contribution in [3.05, 3.63) is 42.1 Å². The van der Waals surface area contributed by atoms with Gasteiger partial charge in [0.05, 0.1) is 4.90 Å². The number of allylic oxidation sites excluding steroid dienone is 1. The fraction of sp³-hybridized carbons (Fsp3) is 0.500. The molecule has 0 saturated carbocycles. The van der Waals surface area contributed by atoms with Crippen LogP contribution < -0.4 is 0 Å². The molecule has 0 N–H and O–H groups in total. The fourth-order valence-corrected chi connectivity index (χ4v) is 4.45. The van der Waals surface area contributed by atoms with Crippen LogP contribution in [0.1, 0.15) is 50.5 Å². The smallest absolute Gasteiger partial charge is 0.264 e. The highest BCUT2D eigenvalue weighted by atomic mass is 32.2. The number of hydrogen-bond donors (Lipinski definition) is 0. The molecule has 2 rings (SSSR count). The second kappa shape index (κ2) is 8.29. The summed E-state index contributed by atoms with van der Waals surface area (Å²) >= 11 is 0. The zero-order valence-electron chi connectivity index (χ0n) is 13.6. The zero-order chi connectivity index (χ0) is 16.7. The first-order chi connectivity index (χ1) is 11.1. The first-order valence-electron chi connectivity index (χ1n) is 8.26. The molecule has 1 atom stereocenters. The minimum Gasteiger partial charge on any atom is -0.303 e. The number of benzene rings is 1. The normalized spacial score (nSPS) is 18.1. The van der Waals surface area contributed by atoms with E-state index in [9.17, 15) is 13.2 Å². The van der Waals surface area contributed by atoms with Gasteiger partial charge in [-0.05, 0) is 44.7 Å². The Morgan fingerprint density at radius 3 is 2.61 bits per heavy atom. The second-order valence-corrected chi connectivity index (χ2v) is 7.91. The van der Waals surface area contributed by atoms with Crippen molar-refractivity contribution in [1.29, 1.82) is 0 Å². The van der Waals surface area contributed by atoms with Crippen molar-refractivity contribution in [2.75, 3.05) is 0 Å². The molecule has 0 aliphatic carbocycles. The molecule has 0 fully saturated rings. The van der Waals surface area contributed by atoms with Crippen LogP contribution in [0.5, 0.6) is 0 Å². The van der Waals surface area contributed by atoms with E-state index in [1.807, 2.05) is 25.1 Å². The maximum atomic E-state index is 12.9. The van der Waals surface area contributed by atoms with E-state index in [0.29, 0.717) is 11.3 Å². The van der Waals surface area contributed by atoms with Crippen molar-refractivity contribution in [2.45, 2.75) is 62.8 Å². The van der Waals surface area contributed by atoms with Crippen LogP contribution in [-0.2, 0) is 14.8 Å². The molecule has 5 heteroatoms. The van der Waals surface area contributed by atoms with E-state index in [0.717, 1.165) is 50.4 Å². The maximum absolute atomic E-state index is 12.9. The van der Waals surface area contributed by atoms with Crippen molar-refractivity contribution in [3.8, 4) is 0 Å². The van der Waals surface area contributed by atoms with Crippen molar-refractivity contribution in [3.63, 3.8) is 0 Å². The average molecular weight is 335 g/mol. The minimum absolute atomic E-state index is 0.0162. The Balaban J connectivity index is 2.07. The number of hydrogen-bond acceptors (Lipinski definition) is 3. The monoisotopic (exact) mass is 335 g/mol. The zero-order valence-corrected chi connectivity index (χ0v) is 14.5. The molecule has 1 heterocycles. The number of nitrogens with zero attached hydrogens (tertiary/aromatic N) is 1. The van der Waals surface area contributed by atoms with Gasteiger partial charge in [-0.15, -0.1) is 0 Å². The molecule has 1 aliphatic heterocycles. The van der Waals surface area contributed by atoms with Gasteiger partial charge in [-0.1, -0.05) is 36.6 Å². The Morgan fingerprint density at radius 1 is 1.17 bits per heavy atom. The molecule has 1 aliphatic rings. The van der Waals surface area contributed by atoms with E-state index in [4.69, 9.17) is 0 Å². The lowest BCUT2D eigenvalue weighted by Crippen LogP contribution is -2.37. The minimum atomic E-state index is -3.48. The van der Waals surface area contributed by atoms with Gasteiger partial charge in [-0.2, -0.15) is 0 Å². The molecule has 23 heavy (non-hydrogen) atoms. The second-order valence-electron chi connectivity index (χ2n) is 6.07. The lowest BCUT2D eigenvalue weighted by Gasteiger charge is -2.32. The summed E-state index contributed by atoms with van der Waals surface area (Å²) in [7, 11) is -3.48. The third-order valence-corrected chi connectivity index (χ3v) is 6.08. The SMILES string of the molecule is Cc1ccc(S(=O)(=O)N2C=CCC[C@H]2CCCCCC=O)cc1. The average Bonchev–Trinajstić information content (AvgIpc) is 2.55. The summed E-state index contributed by atoms with van der Waals surface area (Å²) in [6, 6.07) is 7.02. The summed E-state index contributed by atoms with van der Waals surface area (Å²) in [6.07, 6.45) is 10.6. The molecule has 0 aromatic heterocycles. The summed E-state index contributed by atoms with van der Waals surface area (Å²) in [5, 5.41) is 0. The van der Waals surface area contributed by atoms with Crippen LogP contribution in [0.4, 0.5) is 0 Å². The molecule has 0 spiro atoms. The third-order valence-electron chi connectivity index (χ3n) is 4.23. The van der Waals surface area contributed by atoms with Gasteiger partial charge in [0.2, 0.25) is 0 Å². The number of aryl methyl sites for hydroxylation is 1. The molecule has 0 saturated heterocycles. The molecule has 1 aromatic rings. The van der Waals surface area contributed by atoms with Gasteiger partial charge < -0.3 is 4.79 Å². The van der Waals surface area contributed by atoms with Crippen LogP contribution in [0.2, 0.25) is 0 Å². The number of carbonyl (C=O) groups is 1. The number of rotatable bonds is 8. The van der Waals surface area contributed by atoms with Crippen LogP contribution >= 0.6 is 0 Å². The lowest BCUT2D eigenvalue weighted by atomic mass is 10.0. The van der Waals surface area contributed by atoms with Gasteiger partial charge >= 0.3 is 0 Å². The molecule has 0 amide bonds. The molecule has 0 unspecified atom stereocenters. The Labute approximate surface area is 139 Å². The van der Waals surface area contributed by atoms with Gasteiger partial charge in [0.15, 0.2) is 0 Å². The van der Waals surface area contributed by atoms with Gasteiger partial charge in [-0.25, -0.2) is 8.42 Å². The number of aldehydes is 1. The Bertz CT molecular complexity index is 635. The predicted octanol–water partition coefficient (Wildman–Crippen LogP) is 3.81. The molecule has 1 aromatic carbocycles. The fourth-order valence-electron chi connectivity index (χ4n) is 2.88. The topological polar surface area (TPSA) is 54.5 Å². The molecular weight excluding hydrogens is 310 g/mol. The lowest BCUT2D eigenvalue weighted by molar-refractivity contribution is -0.107. The summed E-state index contributed by atoms with van der Waals surface area (Å²) in [5.74, 6) is 0. The van der Waals surface area contributed by atoms with Crippen molar-refractivity contribution in [1.82, 2.24) is 4.31 Å². The van der Waals surface area contributed by atoms with Gasteiger partial charge in [0.25, 0.3) is 10.0 Å². The first kappa shape index (κ1) is 17.7. The quantitative estimate of drug-likeness (QED) is 0.536. The highest BCUT2D eigenvalue weighted by Crippen LogP contribution is 2.27. The highest BCUT2D eigenvalue weighted by Gasteiger charge is 2.29. The van der Waals surface area contributed by atoms with Crippen LogP contribution in [0.15, 0.2) is 41.4 Å². The van der Waals surface area contributed by atoms with Crippen LogP contribution in [0.25, 0.3) is 0 Å². The summed E-state index contributed by atoms with van der Waals surface area (Å²) < 4.78 is 27.3. The van der Waals surface area contributed by atoms with E-state index in [1.165, 1.54) is 4.31 Å². The van der Waals surface area contributed by atoms with Crippen LogP contribution in [-0.4, -0.2) is 25.1 Å².